The fraction of sp³-hybridized carbons (Fsp3) is 0.577. The van der Waals surface area contributed by atoms with Gasteiger partial charge >= 0.3 is 5.97 Å². The highest BCUT2D eigenvalue weighted by atomic mass is 32.2. The smallest absolute Gasteiger partial charge is 0.303 e. The number of carboxylic acid groups (broad SMARTS) is 1. The standard InChI is InChI=1S/C26H36O3S/c27-25(28)17-11-4-3-10-16-22-23-18-19-24(29-23)26(22)30-20-12-5-1-2-7-13-21-14-8-6-9-15-21/h1,3,5-6,8-10,14-15,22-24,26H,2,4,7,11-13,16-20H2,(H,27,28)/t22-,23+,24-,26-/m0/s1. The molecule has 3 rings (SSSR count). The van der Waals surface area contributed by atoms with Crippen molar-refractivity contribution < 1.29 is 14.6 Å². The van der Waals surface area contributed by atoms with Crippen molar-refractivity contribution >= 4 is 17.7 Å². The molecule has 2 saturated heterocycles. The van der Waals surface area contributed by atoms with E-state index < -0.39 is 5.97 Å². The van der Waals surface area contributed by atoms with Crippen LogP contribution in [0.2, 0.25) is 0 Å². The van der Waals surface area contributed by atoms with Crippen molar-refractivity contribution in [3.63, 3.8) is 0 Å². The third kappa shape index (κ3) is 7.63. The first-order valence-electron chi connectivity index (χ1n) is 11.6. The van der Waals surface area contributed by atoms with Crippen molar-refractivity contribution in [3.05, 3.63) is 60.2 Å². The average Bonchev–Trinajstić information content (AvgIpc) is 3.35. The second-order valence-electron chi connectivity index (χ2n) is 8.42. The predicted octanol–water partition coefficient (Wildman–Crippen LogP) is 6.44. The number of unbranched alkanes of at least 4 members (excludes halogenated alkanes) is 2. The van der Waals surface area contributed by atoms with Crippen LogP contribution < -0.4 is 0 Å². The lowest BCUT2D eigenvalue weighted by atomic mass is 9.86. The monoisotopic (exact) mass is 428 g/mol. The molecule has 0 saturated carbocycles. The number of hydrogen-bond donors (Lipinski definition) is 1. The number of carboxylic acids is 1. The first kappa shape index (κ1) is 23.1. The number of rotatable bonds is 14. The molecule has 1 aromatic rings. The third-order valence-electron chi connectivity index (χ3n) is 6.13. The van der Waals surface area contributed by atoms with Crippen molar-refractivity contribution in [2.75, 3.05) is 5.75 Å². The second kappa shape index (κ2) is 13.0. The predicted molar refractivity (Wildman–Crippen MR) is 126 cm³/mol. The van der Waals surface area contributed by atoms with Crippen molar-refractivity contribution in [1.82, 2.24) is 0 Å². The molecule has 2 bridgehead atoms. The Bertz CT molecular complexity index is 685. The van der Waals surface area contributed by atoms with Gasteiger partial charge in [0.2, 0.25) is 0 Å². The van der Waals surface area contributed by atoms with Gasteiger partial charge in [-0.2, -0.15) is 11.8 Å². The molecule has 0 radical (unpaired) electrons. The van der Waals surface area contributed by atoms with Crippen LogP contribution in [0.3, 0.4) is 0 Å². The van der Waals surface area contributed by atoms with E-state index in [0.717, 1.165) is 38.5 Å². The largest absolute Gasteiger partial charge is 0.481 e. The minimum Gasteiger partial charge on any atom is -0.481 e. The topological polar surface area (TPSA) is 46.5 Å². The van der Waals surface area contributed by atoms with Crippen LogP contribution in [-0.2, 0) is 16.0 Å². The Morgan fingerprint density at radius 1 is 1.00 bits per heavy atom. The molecule has 0 unspecified atom stereocenters. The Labute approximate surface area is 186 Å². The Morgan fingerprint density at radius 3 is 2.57 bits per heavy atom. The summed E-state index contributed by atoms with van der Waals surface area (Å²) in [6.45, 7) is 0. The van der Waals surface area contributed by atoms with Gasteiger partial charge in [0, 0.05) is 17.6 Å². The van der Waals surface area contributed by atoms with Gasteiger partial charge in [-0.1, -0.05) is 54.6 Å². The minimum absolute atomic E-state index is 0.264. The lowest BCUT2D eigenvalue weighted by Crippen LogP contribution is -2.29. The molecule has 4 atom stereocenters. The van der Waals surface area contributed by atoms with E-state index in [1.807, 2.05) is 0 Å². The molecule has 3 nitrogen and oxygen atoms in total. The van der Waals surface area contributed by atoms with Gasteiger partial charge in [-0.3, -0.25) is 4.79 Å². The van der Waals surface area contributed by atoms with E-state index >= 15 is 0 Å². The third-order valence-corrected chi connectivity index (χ3v) is 7.64. The molecule has 0 aromatic heterocycles. The summed E-state index contributed by atoms with van der Waals surface area (Å²) in [5, 5.41) is 9.34. The quantitative estimate of drug-likeness (QED) is 0.274. The fourth-order valence-electron chi connectivity index (χ4n) is 4.57. The molecule has 164 valence electrons. The van der Waals surface area contributed by atoms with E-state index in [1.54, 1.807) is 0 Å². The van der Waals surface area contributed by atoms with Crippen molar-refractivity contribution in [1.29, 1.82) is 0 Å². The van der Waals surface area contributed by atoms with Crippen LogP contribution in [0.1, 0.15) is 63.4 Å². The Hall–Kier alpha value is -1.52. The normalized spacial score (nSPS) is 25.6. The van der Waals surface area contributed by atoms with Crippen LogP contribution in [0.25, 0.3) is 0 Å². The van der Waals surface area contributed by atoms with E-state index in [2.05, 4.69) is 66.4 Å². The molecule has 2 aliphatic heterocycles. The number of benzene rings is 1. The number of carbonyl (C=O) groups is 1. The number of hydrogen-bond acceptors (Lipinski definition) is 3. The summed E-state index contributed by atoms with van der Waals surface area (Å²) in [7, 11) is 0. The van der Waals surface area contributed by atoms with Crippen LogP contribution in [0.4, 0.5) is 0 Å². The number of aryl methyl sites for hydroxylation is 1. The molecule has 0 spiro atoms. The summed E-state index contributed by atoms with van der Waals surface area (Å²) >= 11 is 2.10. The first-order valence-corrected chi connectivity index (χ1v) is 12.6. The van der Waals surface area contributed by atoms with Gasteiger partial charge in [-0.25, -0.2) is 0 Å². The molecule has 4 heteroatoms. The maximum absolute atomic E-state index is 10.6. The molecule has 2 fully saturated rings. The highest BCUT2D eigenvalue weighted by molar-refractivity contribution is 8.00. The zero-order valence-corrected chi connectivity index (χ0v) is 18.8. The van der Waals surface area contributed by atoms with E-state index in [9.17, 15) is 4.79 Å². The molecule has 2 aliphatic rings. The van der Waals surface area contributed by atoms with E-state index in [0.29, 0.717) is 23.4 Å². The minimum atomic E-state index is -0.702. The van der Waals surface area contributed by atoms with Crippen LogP contribution in [0.5, 0.6) is 0 Å². The summed E-state index contributed by atoms with van der Waals surface area (Å²) in [6.07, 6.45) is 20.0. The average molecular weight is 429 g/mol. The van der Waals surface area contributed by atoms with E-state index in [1.165, 1.54) is 30.6 Å². The van der Waals surface area contributed by atoms with Gasteiger partial charge in [0.05, 0.1) is 12.2 Å². The number of thioether (sulfide) groups is 1. The van der Waals surface area contributed by atoms with Crippen LogP contribution >= 0.6 is 11.8 Å². The molecular formula is C26H36O3S. The van der Waals surface area contributed by atoms with Crippen molar-refractivity contribution in [2.24, 2.45) is 5.92 Å². The van der Waals surface area contributed by atoms with Gasteiger partial charge in [-0.05, 0) is 69.1 Å². The summed E-state index contributed by atoms with van der Waals surface area (Å²) in [5.41, 5.74) is 1.43. The number of fused-ring (bicyclic) bond motifs is 2. The Balaban J connectivity index is 1.29. The second-order valence-corrected chi connectivity index (χ2v) is 9.71. The molecular weight excluding hydrogens is 392 g/mol. The molecule has 30 heavy (non-hydrogen) atoms. The summed E-state index contributed by atoms with van der Waals surface area (Å²) in [4.78, 5) is 10.6. The Kier molecular flexibility index (Phi) is 10.0. The fourth-order valence-corrected chi connectivity index (χ4v) is 6.06. The lowest BCUT2D eigenvalue weighted by Gasteiger charge is -2.26. The van der Waals surface area contributed by atoms with Gasteiger partial charge < -0.3 is 9.84 Å². The maximum atomic E-state index is 10.6. The number of ether oxygens (including phenoxy) is 1. The number of aliphatic carboxylic acids is 1. The SMILES string of the molecule is O=C(O)CCCC=CC[C@@H]1[C@H](SCCC=CCCCc2ccccc2)[C@@H]2CC[C@H]1O2. The van der Waals surface area contributed by atoms with E-state index in [4.69, 9.17) is 9.84 Å². The van der Waals surface area contributed by atoms with Crippen molar-refractivity contribution in [3.8, 4) is 0 Å². The highest BCUT2D eigenvalue weighted by Gasteiger charge is 2.48. The molecule has 1 N–H and O–H groups in total. The summed E-state index contributed by atoms with van der Waals surface area (Å²) in [5.74, 6) is 1.09. The van der Waals surface area contributed by atoms with Crippen LogP contribution in [-0.4, -0.2) is 34.3 Å². The van der Waals surface area contributed by atoms with Gasteiger partial charge in [0.15, 0.2) is 0 Å². The zero-order chi connectivity index (χ0) is 21.0. The van der Waals surface area contributed by atoms with Gasteiger partial charge in [-0.15, -0.1) is 0 Å². The summed E-state index contributed by atoms with van der Waals surface area (Å²) in [6, 6.07) is 10.7. The molecule has 0 amide bonds. The number of allylic oxidation sites excluding steroid dienone is 4. The lowest BCUT2D eigenvalue weighted by molar-refractivity contribution is -0.137. The van der Waals surface area contributed by atoms with Crippen LogP contribution in [0, 0.1) is 5.92 Å². The van der Waals surface area contributed by atoms with Gasteiger partial charge in [0.1, 0.15) is 0 Å². The molecule has 0 aliphatic carbocycles. The first-order chi connectivity index (χ1) is 14.7. The highest BCUT2D eigenvalue weighted by Crippen LogP contribution is 2.46. The Morgan fingerprint density at radius 2 is 1.73 bits per heavy atom. The zero-order valence-electron chi connectivity index (χ0n) is 18.0. The van der Waals surface area contributed by atoms with Crippen LogP contribution in [0.15, 0.2) is 54.6 Å². The maximum Gasteiger partial charge on any atom is 0.303 e. The molecule has 1 aromatic carbocycles. The summed E-state index contributed by atoms with van der Waals surface area (Å²) < 4.78 is 6.21. The van der Waals surface area contributed by atoms with E-state index in [-0.39, 0.29) is 6.42 Å². The molecule has 2 heterocycles. The van der Waals surface area contributed by atoms with Gasteiger partial charge in [0.25, 0.3) is 0 Å². The van der Waals surface area contributed by atoms with Crippen molar-refractivity contribution in [2.45, 2.75) is 81.7 Å².